The molecule has 0 atom stereocenters. The third kappa shape index (κ3) is 3.52. The van der Waals surface area contributed by atoms with E-state index in [1.54, 1.807) is 32.2 Å². The molecule has 142 valence electrons. The first-order chi connectivity index (χ1) is 13.5. The van der Waals surface area contributed by atoms with Crippen molar-refractivity contribution >= 4 is 22.7 Å². The van der Waals surface area contributed by atoms with Crippen molar-refractivity contribution < 1.29 is 18.4 Å². The lowest BCUT2D eigenvalue weighted by molar-refractivity contribution is -0.115. The standard InChI is InChI=1S/C20H17N3O5/c1-11-16(22-19(27-11)12-3-6-14(26-2)7-4-12)10-18(24)21-13-5-8-15-17(9-13)28-20(25)23-15/h3-9H,10H2,1-2H3,(H,21,24)(H,23,25). The molecular formula is C20H17N3O5. The molecule has 2 aromatic carbocycles. The smallest absolute Gasteiger partial charge is 0.417 e. The van der Waals surface area contributed by atoms with Gasteiger partial charge in [0, 0.05) is 17.3 Å². The Morgan fingerprint density at radius 1 is 1.18 bits per heavy atom. The van der Waals surface area contributed by atoms with Crippen LogP contribution in [-0.4, -0.2) is 23.0 Å². The summed E-state index contributed by atoms with van der Waals surface area (Å²) >= 11 is 0. The quantitative estimate of drug-likeness (QED) is 0.551. The van der Waals surface area contributed by atoms with Crippen LogP contribution in [0, 0.1) is 6.92 Å². The fraction of sp³-hybridized carbons (Fsp3) is 0.150. The van der Waals surface area contributed by atoms with Gasteiger partial charge >= 0.3 is 5.76 Å². The van der Waals surface area contributed by atoms with Crippen molar-refractivity contribution in [2.24, 2.45) is 0 Å². The minimum atomic E-state index is -0.539. The van der Waals surface area contributed by atoms with Gasteiger partial charge in [-0.1, -0.05) is 0 Å². The topological polar surface area (TPSA) is 110 Å². The molecule has 4 rings (SSSR count). The molecule has 0 spiro atoms. The van der Waals surface area contributed by atoms with Crippen molar-refractivity contribution in [2.75, 3.05) is 12.4 Å². The van der Waals surface area contributed by atoms with Crippen LogP contribution in [0.5, 0.6) is 5.75 Å². The average molecular weight is 379 g/mol. The van der Waals surface area contributed by atoms with E-state index in [9.17, 15) is 9.59 Å². The van der Waals surface area contributed by atoms with E-state index in [-0.39, 0.29) is 12.3 Å². The SMILES string of the molecule is COc1ccc(-c2nc(CC(=O)Nc3ccc4[nH]c(=O)oc4c3)c(C)o2)cc1. The molecule has 2 heterocycles. The summed E-state index contributed by atoms with van der Waals surface area (Å²) in [5, 5.41) is 2.77. The van der Waals surface area contributed by atoms with E-state index in [0.717, 1.165) is 11.3 Å². The Morgan fingerprint density at radius 3 is 2.71 bits per heavy atom. The van der Waals surface area contributed by atoms with Gasteiger partial charge in [-0.15, -0.1) is 0 Å². The van der Waals surface area contributed by atoms with Crippen LogP contribution in [0.15, 0.2) is 56.1 Å². The monoisotopic (exact) mass is 379 g/mol. The van der Waals surface area contributed by atoms with E-state index in [4.69, 9.17) is 13.6 Å². The van der Waals surface area contributed by atoms with E-state index in [0.29, 0.717) is 34.1 Å². The molecule has 2 N–H and O–H groups in total. The van der Waals surface area contributed by atoms with Crippen LogP contribution in [0.2, 0.25) is 0 Å². The maximum atomic E-state index is 12.4. The molecule has 28 heavy (non-hydrogen) atoms. The van der Waals surface area contributed by atoms with Gasteiger partial charge in [-0.05, 0) is 43.3 Å². The molecular weight excluding hydrogens is 362 g/mol. The number of aromatic nitrogens is 2. The summed E-state index contributed by atoms with van der Waals surface area (Å²) in [4.78, 5) is 30.6. The molecule has 0 aliphatic rings. The summed E-state index contributed by atoms with van der Waals surface area (Å²) in [5.41, 5.74) is 2.82. The first-order valence-electron chi connectivity index (χ1n) is 8.55. The van der Waals surface area contributed by atoms with Gasteiger partial charge in [0.2, 0.25) is 11.8 Å². The minimum Gasteiger partial charge on any atom is -0.497 e. The lowest BCUT2D eigenvalue weighted by Gasteiger charge is -2.03. The molecule has 0 radical (unpaired) electrons. The lowest BCUT2D eigenvalue weighted by Crippen LogP contribution is -2.15. The number of hydrogen-bond acceptors (Lipinski definition) is 6. The highest BCUT2D eigenvalue weighted by atomic mass is 16.5. The molecule has 8 nitrogen and oxygen atoms in total. The van der Waals surface area contributed by atoms with E-state index < -0.39 is 5.76 Å². The summed E-state index contributed by atoms with van der Waals surface area (Å²) in [7, 11) is 1.60. The number of H-pyrrole nitrogens is 1. The fourth-order valence-electron chi connectivity index (χ4n) is 2.83. The fourth-order valence-corrected chi connectivity index (χ4v) is 2.83. The number of benzene rings is 2. The average Bonchev–Trinajstić information content (AvgIpc) is 3.23. The van der Waals surface area contributed by atoms with Gasteiger partial charge in [-0.2, -0.15) is 0 Å². The summed E-state index contributed by atoms with van der Waals surface area (Å²) in [6.07, 6.45) is 0.0562. The summed E-state index contributed by atoms with van der Waals surface area (Å²) < 4.78 is 15.8. The number of carbonyl (C=O) groups is 1. The van der Waals surface area contributed by atoms with Crippen molar-refractivity contribution in [2.45, 2.75) is 13.3 Å². The third-order valence-electron chi connectivity index (χ3n) is 4.26. The van der Waals surface area contributed by atoms with Crippen molar-refractivity contribution in [3.63, 3.8) is 0 Å². The number of fused-ring (bicyclic) bond motifs is 1. The molecule has 2 aromatic heterocycles. The maximum Gasteiger partial charge on any atom is 0.417 e. The molecule has 0 unspecified atom stereocenters. The van der Waals surface area contributed by atoms with E-state index >= 15 is 0 Å². The second kappa shape index (κ2) is 7.07. The molecule has 0 aliphatic heterocycles. The number of methoxy groups -OCH3 is 1. The normalized spacial score (nSPS) is 10.9. The van der Waals surface area contributed by atoms with Crippen molar-refractivity contribution in [3.8, 4) is 17.2 Å². The third-order valence-corrected chi connectivity index (χ3v) is 4.26. The number of nitrogens with one attached hydrogen (secondary N) is 2. The predicted molar refractivity (Wildman–Crippen MR) is 102 cm³/mol. The van der Waals surface area contributed by atoms with Crippen LogP contribution in [-0.2, 0) is 11.2 Å². The Hall–Kier alpha value is -3.81. The predicted octanol–water partition coefficient (Wildman–Crippen LogP) is 3.27. The van der Waals surface area contributed by atoms with Gasteiger partial charge in [0.15, 0.2) is 5.58 Å². The Labute approximate surface area is 159 Å². The van der Waals surface area contributed by atoms with Crippen molar-refractivity contribution in [1.82, 2.24) is 9.97 Å². The number of rotatable bonds is 5. The zero-order chi connectivity index (χ0) is 19.7. The number of carbonyl (C=O) groups excluding carboxylic acids is 1. The van der Waals surface area contributed by atoms with Crippen LogP contribution in [0.4, 0.5) is 5.69 Å². The maximum absolute atomic E-state index is 12.4. The minimum absolute atomic E-state index is 0.0562. The van der Waals surface area contributed by atoms with Gasteiger partial charge in [-0.25, -0.2) is 9.78 Å². The zero-order valence-corrected chi connectivity index (χ0v) is 15.2. The number of nitrogens with zero attached hydrogens (tertiary/aromatic N) is 1. The van der Waals surface area contributed by atoms with Crippen LogP contribution in [0.3, 0.4) is 0 Å². The van der Waals surface area contributed by atoms with Crippen molar-refractivity contribution in [3.05, 3.63) is 64.5 Å². The second-order valence-corrected chi connectivity index (χ2v) is 6.20. The zero-order valence-electron chi connectivity index (χ0n) is 15.2. The molecule has 0 aliphatic carbocycles. The Balaban J connectivity index is 1.49. The van der Waals surface area contributed by atoms with Crippen LogP contribution >= 0.6 is 0 Å². The summed E-state index contributed by atoms with van der Waals surface area (Å²) in [5.74, 6) is 0.964. The largest absolute Gasteiger partial charge is 0.497 e. The Bertz CT molecular complexity index is 1200. The van der Waals surface area contributed by atoms with Gasteiger partial charge in [-0.3, -0.25) is 9.78 Å². The highest BCUT2D eigenvalue weighted by molar-refractivity contribution is 5.93. The number of hydrogen-bond donors (Lipinski definition) is 2. The van der Waals surface area contributed by atoms with Gasteiger partial charge in [0.25, 0.3) is 0 Å². The summed E-state index contributed by atoms with van der Waals surface area (Å²) in [6.45, 7) is 1.77. The highest BCUT2D eigenvalue weighted by Gasteiger charge is 2.15. The van der Waals surface area contributed by atoms with Gasteiger partial charge in [0.05, 0.1) is 24.7 Å². The van der Waals surface area contributed by atoms with Crippen LogP contribution < -0.4 is 15.8 Å². The number of amides is 1. The number of oxazole rings is 2. The number of aromatic amines is 1. The number of aryl methyl sites for hydroxylation is 1. The van der Waals surface area contributed by atoms with Crippen molar-refractivity contribution in [1.29, 1.82) is 0 Å². The molecule has 4 aromatic rings. The second-order valence-electron chi connectivity index (χ2n) is 6.20. The molecule has 0 bridgehead atoms. The number of anilines is 1. The van der Waals surface area contributed by atoms with E-state index in [1.807, 2.05) is 24.3 Å². The molecule has 0 saturated heterocycles. The van der Waals surface area contributed by atoms with Crippen LogP contribution in [0.1, 0.15) is 11.5 Å². The Morgan fingerprint density at radius 2 is 1.96 bits per heavy atom. The molecule has 0 saturated carbocycles. The van der Waals surface area contributed by atoms with E-state index in [1.165, 1.54) is 0 Å². The first-order valence-corrected chi connectivity index (χ1v) is 8.55. The van der Waals surface area contributed by atoms with Gasteiger partial charge < -0.3 is 18.9 Å². The number of ether oxygens (including phenoxy) is 1. The lowest BCUT2D eigenvalue weighted by atomic mass is 10.2. The van der Waals surface area contributed by atoms with E-state index in [2.05, 4.69) is 15.3 Å². The highest BCUT2D eigenvalue weighted by Crippen LogP contribution is 2.24. The summed E-state index contributed by atoms with van der Waals surface area (Å²) in [6, 6.07) is 12.3. The molecule has 8 heteroatoms. The van der Waals surface area contributed by atoms with Crippen LogP contribution in [0.25, 0.3) is 22.6 Å². The molecule has 1 amide bonds. The molecule has 0 fully saturated rings. The van der Waals surface area contributed by atoms with Gasteiger partial charge in [0.1, 0.15) is 11.5 Å². The first kappa shape index (κ1) is 17.6. The Kier molecular flexibility index (Phi) is 4.44.